The number of phenolic OH excluding ortho intramolecular Hbond substituents is 1. The molecule has 0 atom stereocenters. The van der Waals surface area contributed by atoms with E-state index in [9.17, 15) is 5.11 Å². The van der Waals surface area contributed by atoms with Crippen LogP contribution in [0.25, 0.3) is 10.8 Å². The van der Waals surface area contributed by atoms with E-state index in [1.165, 1.54) is 0 Å². The van der Waals surface area contributed by atoms with Gasteiger partial charge in [-0.3, -0.25) is 0 Å². The number of fused-ring (bicyclic) bond motifs is 1. The number of rotatable bonds is 5. The number of aromatic nitrogens is 1. The third-order valence-electron chi connectivity index (χ3n) is 2.88. The molecule has 0 unspecified atom stereocenters. The third kappa shape index (κ3) is 2.75. The van der Waals surface area contributed by atoms with Gasteiger partial charge in [-0.15, -0.1) is 0 Å². The number of hydrogen-bond acceptors (Lipinski definition) is 3. The van der Waals surface area contributed by atoms with Crippen molar-refractivity contribution >= 4 is 32.5 Å². The molecule has 0 radical (unpaired) electrons. The van der Waals surface area contributed by atoms with Gasteiger partial charge in [-0.25, -0.2) is 4.98 Å². The van der Waals surface area contributed by atoms with Crippen LogP contribution in [-0.2, 0) is 0 Å². The molecule has 0 aliphatic heterocycles. The van der Waals surface area contributed by atoms with Crippen LogP contribution in [0.4, 0.5) is 5.82 Å². The Labute approximate surface area is 116 Å². The van der Waals surface area contributed by atoms with Gasteiger partial charge in [0.05, 0.1) is 0 Å². The van der Waals surface area contributed by atoms with Gasteiger partial charge in [0, 0.05) is 30.0 Å². The van der Waals surface area contributed by atoms with Crippen LogP contribution in [0.1, 0.15) is 13.3 Å². The van der Waals surface area contributed by atoms with Crippen molar-refractivity contribution in [1.29, 1.82) is 0 Å². The summed E-state index contributed by atoms with van der Waals surface area (Å²) in [5.41, 5.74) is 0. The van der Waals surface area contributed by atoms with E-state index >= 15 is 0 Å². The topological polar surface area (TPSA) is 36.4 Å². The smallest absolute Gasteiger partial charge is 0.136 e. The highest BCUT2D eigenvalue weighted by atomic mass is 79.9. The lowest BCUT2D eigenvalue weighted by Gasteiger charge is -2.23. The van der Waals surface area contributed by atoms with Gasteiger partial charge < -0.3 is 10.0 Å². The zero-order valence-electron chi connectivity index (χ0n) is 10.4. The maximum Gasteiger partial charge on any atom is 0.136 e. The molecular weight excluding hydrogens is 292 g/mol. The predicted octanol–water partition coefficient (Wildman–Crippen LogP) is 3.55. The molecule has 2 aromatic rings. The SMILES string of the molecule is CCCN(CCBr)c1nccc2ccc(O)cc12. The second-order valence-electron chi connectivity index (χ2n) is 4.22. The molecule has 0 saturated heterocycles. The minimum Gasteiger partial charge on any atom is -0.508 e. The van der Waals surface area contributed by atoms with Crippen molar-refractivity contribution < 1.29 is 5.11 Å². The lowest BCUT2D eigenvalue weighted by molar-refractivity contribution is 0.476. The Hall–Kier alpha value is -1.29. The van der Waals surface area contributed by atoms with Crippen LogP contribution < -0.4 is 4.90 Å². The molecule has 0 saturated carbocycles. The molecule has 0 spiro atoms. The summed E-state index contributed by atoms with van der Waals surface area (Å²) in [6.45, 7) is 4.03. The van der Waals surface area contributed by atoms with E-state index in [0.29, 0.717) is 0 Å². The van der Waals surface area contributed by atoms with Gasteiger partial charge in [0.2, 0.25) is 0 Å². The molecule has 1 heterocycles. The van der Waals surface area contributed by atoms with Crippen LogP contribution in [0.15, 0.2) is 30.5 Å². The summed E-state index contributed by atoms with van der Waals surface area (Å²) >= 11 is 3.48. The molecule has 2 rings (SSSR count). The van der Waals surface area contributed by atoms with Gasteiger partial charge in [0.25, 0.3) is 0 Å². The van der Waals surface area contributed by atoms with E-state index in [0.717, 1.165) is 41.4 Å². The monoisotopic (exact) mass is 308 g/mol. The fourth-order valence-electron chi connectivity index (χ4n) is 2.09. The molecule has 1 aromatic carbocycles. The Bertz CT molecular complexity index is 524. The summed E-state index contributed by atoms with van der Waals surface area (Å²) in [5, 5.41) is 12.7. The average molecular weight is 309 g/mol. The fourth-order valence-corrected chi connectivity index (χ4v) is 2.52. The summed E-state index contributed by atoms with van der Waals surface area (Å²) in [6, 6.07) is 7.39. The molecule has 4 heteroatoms. The Morgan fingerprint density at radius 1 is 1.28 bits per heavy atom. The van der Waals surface area contributed by atoms with Crippen LogP contribution in [-0.4, -0.2) is 28.5 Å². The number of aromatic hydroxyl groups is 1. The molecule has 96 valence electrons. The van der Waals surface area contributed by atoms with E-state index in [-0.39, 0.29) is 5.75 Å². The Morgan fingerprint density at radius 2 is 2.11 bits per heavy atom. The first-order valence-electron chi connectivity index (χ1n) is 6.15. The van der Waals surface area contributed by atoms with E-state index < -0.39 is 0 Å². The molecule has 0 fully saturated rings. The number of phenols is 1. The van der Waals surface area contributed by atoms with E-state index in [1.54, 1.807) is 12.1 Å². The number of benzene rings is 1. The van der Waals surface area contributed by atoms with Crippen molar-refractivity contribution in [1.82, 2.24) is 4.98 Å². The van der Waals surface area contributed by atoms with Gasteiger partial charge in [0.1, 0.15) is 11.6 Å². The number of halogens is 1. The van der Waals surface area contributed by atoms with Crippen LogP contribution in [0.3, 0.4) is 0 Å². The standard InChI is InChI=1S/C14H17BrN2O/c1-2-8-17(9-6-15)14-13-10-12(18)4-3-11(13)5-7-16-14/h3-5,7,10,18H,2,6,8-9H2,1H3. The summed E-state index contributed by atoms with van der Waals surface area (Å²) < 4.78 is 0. The van der Waals surface area contributed by atoms with Crippen molar-refractivity contribution in [3.8, 4) is 5.75 Å². The van der Waals surface area contributed by atoms with Gasteiger partial charge in [-0.1, -0.05) is 28.9 Å². The molecule has 1 N–H and O–H groups in total. The number of pyridine rings is 1. The largest absolute Gasteiger partial charge is 0.508 e. The number of anilines is 1. The van der Waals surface area contributed by atoms with Crippen molar-refractivity contribution in [2.75, 3.05) is 23.3 Å². The third-order valence-corrected chi connectivity index (χ3v) is 3.23. The lowest BCUT2D eigenvalue weighted by atomic mass is 10.1. The summed E-state index contributed by atoms with van der Waals surface area (Å²) in [6.07, 6.45) is 2.90. The van der Waals surface area contributed by atoms with Crippen molar-refractivity contribution in [2.45, 2.75) is 13.3 Å². The molecule has 0 bridgehead atoms. The predicted molar refractivity (Wildman–Crippen MR) is 79.7 cm³/mol. The Kier molecular flexibility index (Phi) is 4.42. The van der Waals surface area contributed by atoms with E-state index in [4.69, 9.17) is 0 Å². The molecule has 3 nitrogen and oxygen atoms in total. The highest BCUT2D eigenvalue weighted by Gasteiger charge is 2.10. The average Bonchev–Trinajstić information content (AvgIpc) is 2.38. The molecule has 1 aromatic heterocycles. The summed E-state index contributed by atoms with van der Waals surface area (Å²) in [5.74, 6) is 1.23. The second-order valence-corrected chi connectivity index (χ2v) is 5.01. The van der Waals surface area contributed by atoms with Crippen LogP contribution in [0.2, 0.25) is 0 Å². The number of hydrogen-bond donors (Lipinski definition) is 1. The van der Waals surface area contributed by atoms with Crippen molar-refractivity contribution in [3.05, 3.63) is 30.5 Å². The Morgan fingerprint density at radius 3 is 2.83 bits per heavy atom. The quantitative estimate of drug-likeness (QED) is 0.858. The zero-order chi connectivity index (χ0) is 13.0. The second kappa shape index (κ2) is 6.05. The molecule has 0 aliphatic carbocycles. The van der Waals surface area contributed by atoms with Gasteiger partial charge >= 0.3 is 0 Å². The Balaban J connectivity index is 2.50. The van der Waals surface area contributed by atoms with Crippen molar-refractivity contribution in [2.24, 2.45) is 0 Å². The first-order valence-corrected chi connectivity index (χ1v) is 7.27. The summed E-state index contributed by atoms with van der Waals surface area (Å²) in [7, 11) is 0. The van der Waals surface area contributed by atoms with Crippen molar-refractivity contribution in [3.63, 3.8) is 0 Å². The first-order chi connectivity index (χ1) is 8.76. The minimum absolute atomic E-state index is 0.284. The highest BCUT2D eigenvalue weighted by Crippen LogP contribution is 2.27. The van der Waals surface area contributed by atoms with Crippen LogP contribution in [0, 0.1) is 0 Å². The zero-order valence-corrected chi connectivity index (χ0v) is 12.0. The van der Waals surface area contributed by atoms with E-state index in [1.807, 2.05) is 18.3 Å². The number of nitrogens with zero attached hydrogens (tertiary/aromatic N) is 2. The minimum atomic E-state index is 0.284. The lowest BCUT2D eigenvalue weighted by Crippen LogP contribution is -2.27. The van der Waals surface area contributed by atoms with Crippen LogP contribution >= 0.6 is 15.9 Å². The molecule has 0 amide bonds. The maximum absolute atomic E-state index is 9.64. The van der Waals surface area contributed by atoms with Gasteiger partial charge in [-0.2, -0.15) is 0 Å². The normalized spacial score (nSPS) is 10.8. The maximum atomic E-state index is 9.64. The summed E-state index contributed by atoms with van der Waals surface area (Å²) in [4.78, 5) is 6.73. The van der Waals surface area contributed by atoms with Crippen LogP contribution in [0.5, 0.6) is 5.75 Å². The first kappa shape index (κ1) is 13.1. The van der Waals surface area contributed by atoms with Gasteiger partial charge in [-0.05, 0) is 30.0 Å². The molecule has 18 heavy (non-hydrogen) atoms. The highest BCUT2D eigenvalue weighted by molar-refractivity contribution is 9.09. The fraction of sp³-hybridized carbons (Fsp3) is 0.357. The van der Waals surface area contributed by atoms with E-state index in [2.05, 4.69) is 32.7 Å². The number of alkyl halides is 1. The molecular formula is C14H17BrN2O. The van der Waals surface area contributed by atoms with Gasteiger partial charge in [0.15, 0.2) is 0 Å². The molecule has 0 aliphatic rings.